The molecule has 76 heavy (non-hydrogen) atoms. The maximum absolute atomic E-state index is 14.9. The molecule has 0 atom stereocenters. The molecule has 4 fully saturated rings. The van der Waals surface area contributed by atoms with Crippen molar-refractivity contribution in [2.24, 2.45) is 0 Å². The van der Waals surface area contributed by atoms with Crippen LogP contribution in [0.1, 0.15) is 142 Å². The summed E-state index contributed by atoms with van der Waals surface area (Å²) in [6.07, 6.45) is 7.06. The van der Waals surface area contributed by atoms with E-state index in [9.17, 15) is 63.0 Å². The topological polar surface area (TPSA) is 106 Å². The van der Waals surface area contributed by atoms with Gasteiger partial charge >= 0.3 is 18.5 Å². The van der Waals surface area contributed by atoms with Crippen molar-refractivity contribution in [1.82, 2.24) is 0 Å². The van der Waals surface area contributed by atoms with E-state index in [-0.39, 0.29) is 49.4 Å². The molecule has 0 amide bonds. The molecule has 0 aromatic heterocycles. The molecular formula is C58H69EuF9O6P2. The van der Waals surface area contributed by atoms with E-state index in [1.165, 1.54) is 110 Å². The van der Waals surface area contributed by atoms with Crippen LogP contribution < -0.4 is 10.6 Å². The molecule has 0 aliphatic heterocycles. The van der Waals surface area contributed by atoms with E-state index in [4.69, 9.17) is 5.11 Å². The Labute approximate surface area is 482 Å². The third kappa shape index (κ3) is 18.5. The first kappa shape index (κ1) is 65.4. The second-order valence-electron chi connectivity index (χ2n) is 20.0. The molecule has 0 saturated heterocycles. The minimum absolute atomic E-state index is 0. The van der Waals surface area contributed by atoms with Crippen LogP contribution in [0, 0.1) is 49.4 Å². The van der Waals surface area contributed by atoms with Gasteiger partial charge in [-0.1, -0.05) is 186 Å². The van der Waals surface area contributed by atoms with Gasteiger partial charge < -0.3 is 14.2 Å². The van der Waals surface area contributed by atoms with Crippen molar-refractivity contribution < 1.29 is 118 Å². The molecule has 0 spiro atoms. The predicted octanol–water partition coefficient (Wildman–Crippen LogP) is 17.2. The normalized spacial score (nSPS) is 17.7. The fraction of sp³-hybridized carbons (Fsp3) is 0.500. The summed E-state index contributed by atoms with van der Waals surface area (Å²) in [5.74, 6) is -8.10. The predicted molar refractivity (Wildman–Crippen MR) is 280 cm³/mol. The van der Waals surface area contributed by atoms with Crippen LogP contribution in [0.15, 0.2) is 121 Å². The van der Waals surface area contributed by atoms with Gasteiger partial charge in [-0.25, -0.2) is 0 Å². The molecule has 4 aromatic carbocycles. The molecular weight excluding hydrogens is 1180 g/mol. The zero-order chi connectivity index (χ0) is 54.9. The van der Waals surface area contributed by atoms with Gasteiger partial charge in [-0.2, -0.15) is 39.5 Å². The van der Waals surface area contributed by atoms with Crippen LogP contribution in [-0.2, 0) is 23.5 Å². The molecule has 8 rings (SSSR count). The van der Waals surface area contributed by atoms with E-state index in [0.717, 1.165) is 58.3 Å². The standard InChI is InChI=1S/2C24H31OP.C5H2F6O2.C5H5F3O2.Eu/c2*25-26(21-14-6-2-7-15-21,22-16-8-3-9-17-22)24-19-11-10-18-23(24)20-12-4-1-5-13-20;6-4(7,8)2(12)1-3(13)5(9,10)11;1-3(9)2-4(10)5(6,7)8;/h2*1,4-5,10-13,18-19,21-22H,2-3,6-9,14-17H2;1,12H;2H2,1H3;. The first-order chi connectivity index (χ1) is 35.5. The molecule has 4 saturated carbocycles. The van der Waals surface area contributed by atoms with Gasteiger partial charge in [0.05, 0.1) is 6.42 Å². The molecule has 4 aromatic rings. The van der Waals surface area contributed by atoms with Gasteiger partial charge in [0.25, 0.3) is 5.78 Å². The van der Waals surface area contributed by atoms with Crippen molar-refractivity contribution in [3.63, 3.8) is 0 Å². The van der Waals surface area contributed by atoms with Crippen molar-refractivity contribution in [3.8, 4) is 22.3 Å². The number of halogens is 9. The second-order valence-corrected chi connectivity index (χ2v) is 26.8. The van der Waals surface area contributed by atoms with Crippen LogP contribution >= 0.6 is 14.3 Å². The smallest absolute Gasteiger partial charge is 0.454 e. The van der Waals surface area contributed by atoms with E-state index < -0.39 is 68.4 Å². The minimum atomic E-state index is -5.42. The van der Waals surface area contributed by atoms with Gasteiger partial charge in [0, 0.05) is 88.7 Å². The number of hydrogen-bond acceptors (Lipinski definition) is 6. The summed E-state index contributed by atoms with van der Waals surface area (Å²) in [5, 5.41) is 10.3. The summed E-state index contributed by atoms with van der Waals surface area (Å²) in [4.78, 5) is 29.8. The van der Waals surface area contributed by atoms with Gasteiger partial charge in [-0.3, -0.25) is 14.4 Å². The quantitative estimate of drug-likeness (QED) is 0.0527. The monoisotopic (exact) mass is 1250 g/mol. The Balaban J connectivity index is 0.000000235. The fourth-order valence-corrected chi connectivity index (χ4v) is 20.2. The molecule has 417 valence electrons. The summed E-state index contributed by atoms with van der Waals surface area (Å²) in [6, 6.07) is 38.4. The molecule has 6 nitrogen and oxygen atoms in total. The van der Waals surface area contributed by atoms with Crippen molar-refractivity contribution >= 4 is 42.2 Å². The first-order valence-electron chi connectivity index (χ1n) is 26.2. The minimum Gasteiger partial charge on any atom is -0.504 e. The zero-order valence-corrected chi connectivity index (χ0v) is 47.0. The van der Waals surface area contributed by atoms with Crippen LogP contribution in [0.25, 0.3) is 22.3 Å². The maximum atomic E-state index is 14.9. The van der Waals surface area contributed by atoms with Crippen LogP contribution in [0.5, 0.6) is 0 Å². The molecule has 4 aliphatic carbocycles. The van der Waals surface area contributed by atoms with Crippen LogP contribution in [-0.4, -0.2) is 63.6 Å². The largest absolute Gasteiger partial charge is 0.504 e. The van der Waals surface area contributed by atoms with Crippen LogP contribution in [0.3, 0.4) is 0 Å². The summed E-state index contributed by atoms with van der Waals surface area (Å²) in [7, 11) is -4.85. The number of carbonyl (C=O) groups is 3. The summed E-state index contributed by atoms with van der Waals surface area (Å²) in [6.45, 7) is 0.934. The van der Waals surface area contributed by atoms with Gasteiger partial charge in [0.2, 0.25) is 11.5 Å². The summed E-state index contributed by atoms with van der Waals surface area (Å²) < 4.78 is 132. The molecule has 1 radical (unpaired) electrons. The van der Waals surface area contributed by atoms with Crippen molar-refractivity contribution in [3.05, 3.63) is 121 Å². The number of Topliss-reactive ketones (excluding diaryl/α,β-unsaturated/α-hetero) is 2. The Morgan fingerprint density at radius 3 is 1.00 bits per heavy atom. The number of alkyl halides is 9. The number of aliphatic hydroxyl groups excluding tert-OH is 1. The van der Waals surface area contributed by atoms with Gasteiger partial charge in [0.1, 0.15) is 20.1 Å². The van der Waals surface area contributed by atoms with Crippen molar-refractivity contribution in [2.75, 3.05) is 0 Å². The number of ketones is 3. The van der Waals surface area contributed by atoms with Gasteiger partial charge in [-0.05, 0) is 80.5 Å². The summed E-state index contributed by atoms with van der Waals surface area (Å²) >= 11 is 0. The molecule has 4 aliphatic rings. The Morgan fingerprint density at radius 2 is 0.750 bits per heavy atom. The first-order valence-corrected chi connectivity index (χ1v) is 29.8. The molecule has 0 heterocycles. The number of allylic oxidation sites excluding steroid dienone is 2. The average Bonchev–Trinajstić information content (AvgIpc) is 3.41. The van der Waals surface area contributed by atoms with Crippen molar-refractivity contribution in [1.29, 1.82) is 0 Å². The maximum Gasteiger partial charge on any atom is 0.454 e. The Bertz CT molecular complexity index is 2400. The average molecular weight is 1250 g/mol. The fourth-order valence-electron chi connectivity index (χ4n) is 11.1. The molecule has 1 N–H and O–H groups in total. The van der Waals surface area contributed by atoms with E-state index in [2.05, 4.69) is 109 Å². The molecule has 18 heteroatoms. The Kier molecular flexibility index (Phi) is 26.2. The third-order valence-corrected chi connectivity index (χ3v) is 23.5. The molecule has 0 unspecified atom stereocenters. The number of carbonyl (C=O) groups excluding carboxylic acids is 3. The Morgan fingerprint density at radius 1 is 0.461 bits per heavy atom. The number of benzene rings is 4. The van der Waals surface area contributed by atoms with E-state index in [1.807, 2.05) is 0 Å². The number of hydrogen-bond donors (Lipinski definition) is 1. The third-order valence-electron chi connectivity index (χ3n) is 14.8. The van der Waals surface area contributed by atoms with Gasteiger partial charge in [0.15, 0.2) is 0 Å². The van der Waals surface area contributed by atoms with Gasteiger partial charge in [-0.15, -0.1) is 0 Å². The number of rotatable bonds is 11. The second kappa shape index (κ2) is 30.4. The van der Waals surface area contributed by atoms with E-state index >= 15 is 0 Å². The summed E-state index contributed by atoms with van der Waals surface area (Å²) in [5.41, 5.74) is 6.49. The number of aliphatic hydroxyl groups is 1. The van der Waals surface area contributed by atoms with Crippen molar-refractivity contribution in [2.45, 2.75) is 183 Å². The van der Waals surface area contributed by atoms with E-state index in [0.29, 0.717) is 22.6 Å². The van der Waals surface area contributed by atoms with Crippen LogP contribution in [0.2, 0.25) is 0 Å². The zero-order valence-electron chi connectivity index (χ0n) is 42.8. The van der Waals surface area contributed by atoms with Crippen LogP contribution in [0.4, 0.5) is 39.5 Å². The Hall–Kier alpha value is -3.16. The van der Waals surface area contributed by atoms with E-state index in [1.54, 1.807) is 0 Å². The molecule has 0 bridgehead atoms. The SMILES string of the molecule is CC(=O)CC(=O)C(F)(F)F.O=C(C=C(O)C(F)(F)F)C(F)(F)F.O=P(c1ccccc1-c1ccccc1)(C1CCCCC1)C1CCCCC1.O=P(c1ccccc1-c1ccccc1)(C1CCCCC1)C1CCCCC1.[Eu].